The summed E-state index contributed by atoms with van der Waals surface area (Å²) in [6, 6.07) is 12.6. The topological polar surface area (TPSA) is 94.8 Å². The van der Waals surface area contributed by atoms with Crippen molar-refractivity contribution >= 4 is 31.8 Å². The van der Waals surface area contributed by atoms with Crippen molar-refractivity contribution in [2.75, 3.05) is 6.26 Å². The molecule has 4 rings (SSSR count). The van der Waals surface area contributed by atoms with E-state index in [9.17, 15) is 13.2 Å². The molecule has 0 bridgehead atoms. The van der Waals surface area contributed by atoms with Crippen LogP contribution in [0.1, 0.15) is 0 Å². The lowest BCUT2D eigenvalue weighted by Gasteiger charge is -2.11. The first-order valence-electron chi connectivity index (χ1n) is 7.39. The number of aromatic nitrogens is 4. The molecule has 0 N–H and O–H groups in total. The van der Waals surface area contributed by atoms with Gasteiger partial charge in [0.25, 0.3) is 5.56 Å². The highest BCUT2D eigenvalue weighted by Crippen LogP contribution is 2.22. The Labute approximate surface area is 142 Å². The van der Waals surface area contributed by atoms with Crippen molar-refractivity contribution < 1.29 is 8.42 Å². The number of sulfone groups is 1. The summed E-state index contributed by atoms with van der Waals surface area (Å²) >= 11 is 0. The van der Waals surface area contributed by atoms with E-state index in [4.69, 9.17) is 0 Å². The minimum atomic E-state index is -3.59. The molecule has 0 atom stereocenters. The van der Waals surface area contributed by atoms with Gasteiger partial charge in [0.2, 0.25) is 15.0 Å². The zero-order valence-electron chi connectivity index (χ0n) is 13.1. The van der Waals surface area contributed by atoms with Gasteiger partial charge in [-0.1, -0.05) is 18.2 Å². The molecular weight excluding hydrogens is 340 g/mol. The second kappa shape index (κ2) is 5.45. The van der Waals surface area contributed by atoms with E-state index in [0.717, 1.165) is 6.26 Å². The van der Waals surface area contributed by atoms with Gasteiger partial charge in [-0.3, -0.25) is 9.36 Å². The molecule has 0 aliphatic heterocycles. The monoisotopic (exact) mass is 352 g/mol. The molecule has 0 saturated carbocycles. The Balaban J connectivity index is 2.23. The summed E-state index contributed by atoms with van der Waals surface area (Å²) in [5, 5.41) is 0.493. The molecule has 4 aromatic rings. The van der Waals surface area contributed by atoms with Crippen LogP contribution in [-0.4, -0.2) is 34.2 Å². The molecule has 8 heteroatoms. The highest BCUT2D eigenvalue weighted by Gasteiger charge is 2.18. The zero-order valence-corrected chi connectivity index (χ0v) is 13.9. The fourth-order valence-electron chi connectivity index (χ4n) is 2.70. The van der Waals surface area contributed by atoms with Crippen LogP contribution < -0.4 is 5.56 Å². The van der Waals surface area contributed by atoms with Crippen molar-refractivity contribution in [3.63, 3.8) is 0 Å². The van der Waals surface area contributed by atoms with Crippen molar-refractivity contribution in [2.24, 2.45) is 0 Å². The molecule has 0 radical (unpaired) electrons. The molecule has 0 aliphatic rings. The molecule has 0 fully saturated rings. The number of benzene rings is 1. The summed E-state index contributed by atoms with van der Waals surface area (Å²) in [6.45, 7) is 0. The summed E-state index contributed by atoms with van der Waals surface area (Å²) in [5.41, 5.74) is 0.984. The van der Waals surface area contributed by atoms with Crippen LogP contribution in [0.2, 0.25) is 0 Å². The average molecular weight is 352 g/mol. The van der Waals surface area contributed by atoms with Gasteiger partial charge in [0.1, 0.15) is 5.65 Å². The molecule has 0 spiro atoms. The van der Waals surface area contributed by atoms with Gasteiger partial charge in [-0.25, -0.2) is 23.4 Å². The third-order valence-corrected chi connectivity index (χ3v) is 4.66. The second-order valence-electron chi connectivity index (χ2n) is 5.54. The Morgan fingerprint density at radius 3 is 2.44 bits per heavy atom. The van der Waals surface area contributed by atoms with Crippen molar-refractivity contribution in [1.29, 1.82) is 0 Å². The number of hydrogen-bond donors (Lipinski definition) is 0. The van der Waals surface area contributed by atoms with E-state index in [-0.39, 0.29) is 21.6 Å². The molecule has 7 nitrogen and oxygen atoms in total. The van der Waals surface area contributed by atoms with Crippen LogP contribution in [0.4, 0.5) is 0 Å². The molecule has 3 aromatic heterocycles. The van der Waals surface area contributed by atoms with Gasteiger partial charge in [0.05, 0.1) is 16.6 Å². The standard InChI is InChI=1S/C17H12N4O3S/c1-25(23,24)17-19-10-13-14(20-17)12-8-5-9-18-15(12)21(16(13)22)11-6-3-2-4-7-11/h2-10H,1H3. The largest absolute Gasteiger partial charge is 0.268 e. The van der Waals surface area contributed by atoms with E-state index in [1.807, 2.05) is 18.2 Å². The maximum Gasteiger partial charge on any atom is 0.267 e. The van der Waals surface area contributed by atoms with Crippen LogP contribution in [-0.2, 0) is 9.84 Å². The van der Waals surface area contributed by atoms with Crippen LogP contribution in [0.15, 0.2) is 64.8 Å². The average Bonchev–Trinajstić information content (AvgIpc) is 2.62. The zero-order chi connectivity index (χ0) is 17.6. The molecule has 0 unspecified atom stereocenters. The molecule has 124 valence electrons. The van der Waals surface area contributed by atoms with Crippen LogP contribution in [0.3, 0.4) is 0 Å². The van der Waals surface area contributed by atoms with Gasteiger partial charge < -0.3 is 0 Å². The number of nitrogens with zero attached hydrogens (tertiary/aromatic N) is 4. The van der Waals surface area contributed by atoms with Gasteiger partial charge in [0, 0.05) is 24.0 Å². The molecule has 1 aromatic carbocycles. The first kappa shape index (κ1) is 15.4. The lowest BCUT2D eigenvalue weighted by atomic mass is 10.2. The van der Waals surface area contributed by atoms with Crippen LogP contribution >= 0.6 is 0 Å². The summed E-state index contributed by atoms with van der Waals surface area (Å²) in [7, 11) is -3.59. The normalized spacial score (nSPS) is 11.9. The smallest absolute Gasteiger partial charge is 0.267 e. The lowest BCUT2D eigenvalue weighted by Crippen LogP contribution is -2.21. The molecule has 0 aliphatic carbocycles. The van der Waals surface area contributed by atoms with Gasteiger partial charge in [-0.2, -0.15) is 0 Å². The Morgan fingerprint density at radius 2 is 1.72 bits per heavy atom. The van der Waals surface area contributed by atoms with E-state index >= 15 is 0 Å². The van der Waals surface area contributed by atoms with Crippen molar-refractivity contribution in [2.45, 2.75) is 5.16 Å². The minimum absolute atomic E-state index is 0.233. The summed E-state index contributed by atoms with van der Waals surface area (Å²) in [6.07, 6.45) is 3.86. The number of para-hydroxylation sites is 1. The fraction of sp³-hybridized carbons (Fsp3) is 0.0588. The van der Waals surface area contributed by atoms with Crippen LogP contribution in [0.5, 0.6) is 0 Å². The number of rotatable bonds is 2. The van der Waals surface area contributed by atoms with E-state index in [0.29, 0.717) is 16.7 Å². The molecule has 25 heavy (non-hydrogen) atoms. The summed E-state index contributed by atoms with van der Waals surface area (Å²) < 4.78 is 25.0. The van der Waals surface area contributed by atoms with E-state index in [1.54, 1.807) is 30.5 Å². The van der Waals surface area contributed by atoms with Crippen molar-refractivity contribution in [3.05, 3.63) is 65.2 Å². The first-order chi connectivity index (χ1) is 12.0. The molecule has 0 saturated heterocycles. The number of fused-ring (bicyclic) bond motifs is 3. The van der Waals surface area contributed by atoms with Crippen LogP contribution in [0.25, 0.3) is 27.6 Å². The fourth-order valence-corrected chi connectivity index (χ4v) is 3.20. The van der Waals surface area contributed by atoms with Gasteiger partial charge in [-0.15, -0.1) is 0 Å². The van der Waals surface area contributed by atoms with Gasteiger partial charge in [0.15, 0.2) is 0 Å². The number of hydrogen-bond acceptors (Lipinski definition) is 6. The Hall–Kier alpha value is -3.13. The number of pyridine rings is 2. The summed E-state index contributed by atoms with van der Waals surface area (Å²) in [5.74, 6) is 0. The molecule has 3 heterocycles. The van der Waals surface area contributed by atoms with Crippen molar-refractivity contribution in [3.8, 4) is 5.69 Å². The van der Waals surface area contributed by atoms with E-state index < -0.39 is 9.84 Å². The second-order valence-corrected chi connectivity index (χ2v) is 7.45. The van der Waals surface area contributed by atoms with Crippen LogP contribution in [0, 0.1) is 0 Å². The lowest BCUT2D eigenvalue weighted by molar-refractivity contribution is 0.594. The third-order valence-electron chi connectivity index (χ3n) is 3.80. The van der Waals surface area contributed by atoms with E-state index in [1.165, 1.54) is 10.8 Å². The highest BCUT2D eigenvalue weighted by atomic mass is 32.2. The Kier molecular flexibility index (Phi) is 3.36. The van der Waals surface area contributed by atoms with Gasteiger partial charge in [-0.05, 0) is 24.3 Å². The summed E-state index contributed by atoms with van der Waals surface area (Å²) in [4.78, 5) is 25.3. The minimum Gasteiger partial charge on any atom is -0.268 e. The maximum absolute atomic E-state index is 13.0. The predicted octanol–water partition coefficient (Wildman–Crippen LogP) is 1.73. The third kappa shape index (κ3) is 2.47. The SMILES string of the molecule is CS(=O)(=O)c1ncc2c(=O)n(-c3ccccc3)c3ncccc3c2n1. The highest BCUT2D eigenvalue weighted by molar-refractivity contribution is 7.90. The van der Waals surface area contributed by atoms with Crippen molar-refractivity contribution in [1.82, 2.24) is 19.5 Å². The maximum atomic E-state index is 13.0. The Bertz CT molecular complexity index is 1280. The van der Waals surface area contributed by atoms with Gasteiger partial charge >= 0.3 is 0 Å². The molecule has 0 amide bonds. The quantitative estimate of drug-likeness (QED) is 0.403. The Morgan fingerprint density at radius 1 is 0.960 bits per heavy atom. The first-order valence-corrected chi connectivity index (χ1v) is 9.28. The predicted molar refractivity (Wildman–Crippen MR) is 93.5 cm³/mol. The van der Waals surface area contributed by atoms with E-state index in [2.05, 4.69) is 15.0 Å². The molecular formula is C17H12N4O3S.